The molecule has 1 saturated carbocycles. The third kappa shape index (κ3) is 4.24. The van der Waals surface area contributed by atoms with E-state index >= 15 is 0 Å². The number of para-hydroxylation sites is 1. The van der Waals surface area contributed by atoms with Crippen LogP contribution in [-0.2, 0) is 4.79 Å². The second-order valence-corrected chi connectivity index (χ2v) is 7.94. The molecule has 0 unspecified atom stereocenters. The van der Waals surface area contributed by atoms with Gasteiger partial charge >= 0.3 is 0 Å². The maximum Gasteiger partial charge on any atom is 0.230 e. The zero-order valence-electron chi connectivity index (χ0n) is 15.1. The van der Waals surface area contributed by atoms with E-state index in [0.29, 0.717) is 23.6 Å². The minimum absolute atomic E-state index is 0.0790. The minimum atomic E-state index is 0.0790. The molecule has 25 heavy (non-hydrogen) atoms. The standard InChI is InChI=1S/C19H26N4OS/c1-13-8-6-9-16(15(13)3)21-18(24)11-25-19-22-20-12-23(19)17-10-5-4-7-14(17)2/h4-5,7,10,12-13,15-16H,6,8-9,11H2,1-3H3,(H,21,24)/t13-,15-,16+/m0/s1. The highest BCUT2D eigenvalue weighted by molar-refractivity contribution is 7.99. The lowest BCUT2D eigenvalue weighted by Crippen LogP contribution is -2.44. The Bertz CT molecular complexity index is 730. The van der Waals surface area contributed by atoms with E-state index in [4.69, 9.17) is 0 Å². The quantitative estimate of drug-likeness (QED) is 0.830. The van der Waals surface area contributed by atoms with Gasteiger partial charge in [0.25, 0.3) is 0 Å². The van der Waals surface area contributed by atoms with Gasteiger partial charge in [0.15, 0.2) is 5.16 Å². The van der Waals surface area contributed by atoms with Gasteiger partial charge in [-0.1, -0.05) is 56.7 Å². The molecule has 0 saturated heterocycles. The van der Waals surface area contributed by atoms with Crippen LogP contribution in [0.4, 0.5) is 0 Å². The highest BCUT2D eigenvalue weighted by Crippen LogP contribution is 2.29. The summed E-state index contributed by atoms with van der Waals surface area (Å²) in [5.74, 6) is 1.66. The molecule has 1 N–H and O–H groups in total. The van der Waals surface area contributed by atoms with E-state index < -0.39 is 0 Å². The Kier molecular flexibility index (Phi) is 5.78. The Morgan fingerprint density at radius 2 is 2.12 bits per heavy atom. The highest BCUT2D eigenvalue weighted by atomic mass is 32.2. The summed E-state index contributed by atoms with van der Waals surface area (Å²) in [4.78, 5) is 12.4. The molecule has 1 heterocycles. The first kappa shape index (κ1) is 18.0. The SMILES string of the molecule is Cc1ccccc1-n1cnnc1SCC(=O)N[C@@H]1CCC[C@H](C)[C@@H]1C. The zero-order valence-corrected chi connectivity index (χ0v) is 15.9. The van der Waals surface area contributed by atoms with Gasteiger partial charge < -0.3 is 5.32 Å². The Morgan fingerprint density at radius 1 is 1.32 bits per heavy atom. The molecule has 0 spiro atoms. The van der Waals surface area contributed by atoms with E-state index in [1.807, 2.05) is 22.8 Å². The number of rotatable bonds is 5. The molecule has 1 aliphatic rings. The maximum atomic E-state index is 12.4. The van der Waals surface area contributed by atoms with Crippen molar-refractivity contribution in [1.82, 2.24) is 20.1 Å². The fourth-order valence-corrected chi connectivity index (χ4v) is 4.22. The Hall–Kier alpha value is -1.82. The van der Waals surface area contributed by atoms with Gasteiger partial charge in [0.05, 0.1) is 11.4 Å². The third-order valence-corrected chi connectivity index (χ3v) is 6.22. The van der Waals surface area contributed by atoms with Crippen molar-refractivity contribution in [3.8, 4) is 5.69 Å². The smallest absolute Gasteiger partial charge is 0.230 e. The summed E-state index contributed by atoms with van der Waals surface area (Å²) in [6.45, 7) is 6.58. The number of nitrogens with zero attached hydrogens (tertiary/aromatic N) is 3. The highest BCUT2D eigenvalue weighted by Gasteiger charge is 2.28. The van der Waals surface area contributed by atoms with Gasteiger partial charge in [-0.15, -0.1) is 10.2 Å². The van der Waals surface area contributed by atoms with Crippen molar-refractivity contribution >= 4 is 17.7 Å². The van der Waals surface area contributed by atoms with Gasteiger partial charge in [0, 0.05) is 6.04 Å². The molecule has 1 aromatic heterocycles. The van der Waals surface area contributed by atoms with E-state index in [-0.39, 0.29) is 5.91 Å². The molecule has 3 rings (SSSR count). The zero-order chi connectivity index (χ0) is 17.8. The normalized spacial score (nSPS) is 23.4. The first-order chi connectivity index (χ1) is 12.1. The fourth-order valence-electron chi connectivity index (χ4n) is 3.49. The summed E-state index contributed by atoms with van der Waals surface area (Å²) in [6.07, 6.45) is 5.25. The molecular formula is C19H26N4OS. The number of hydrogen-bond acceptors (Lipinski definition) is 4. The topological polar surface area (TPSA) is 59.8 Å². The van der Waals surface area contributed by atoms with E-state index in [1.165, 1.54) is 24.6 Å². The lowest BCUT2D eigenvalue weighted by atomic mass is 9.78. The van der Waals surface area contributed by atoms with Crippen LogP contribution in [0.15, 0.2) is 35.7 Å². The number of amides is 1. The van der Waals surface area contributed by atoms with Gasteiger partial charge in [-0.25, -0.2) is 0 Å². The lowest BCUT2D eigenvalue weighted by Gasteiger charge is -2.34. The molecule has 5 nitrogen and oxygen atoms in total. The molecule has 1 aliphatic carbocycles. The van der Waals surface area contributed by atoms with Crippen LogP contribution in [0.25, 0.3) is 5.69 Å². The van der Waals surface area contributed by atoms with Crippen LogP contribution in [0.5, 0.6) is 0 Å². The van der Waals surface area contributed by atoms with Gasteiger partial charge in [-0.05, 0) is 36.8 Å². The number of aromatic nitrogens is 3. The van der Waals surface area contributed by atoms with E-state index in [9.17, 15) is 4.79 Å². The molecule has 1 amide bonds. The number of aryl methyl sites for hydroxylation is 1. The minimum Gasteiger partial charge on any atom is -0.352 e. The van der Waals surface area contributed by atoms with E-state index in [0.717, 1.165) is 22.8 Å². The van der Waals surface area contributed by atoms with Crippen LogP contribution < -0.4 is 5.32 Å². The van der Waals surface area contributed by atoms with Crippen molar-refractivity contribution in [1.29, 1.82) is 0 Å². The number of hydrogen-bond donors (Lipinski definition) is 1. The Morgan fingerprint density at radius 3 is 2.92 bits per heavy atom. The third-order valence-electron chi connectivity index (χ3n) is 5.28. The van der Waals surface area contributed by atoms with Crippen molar-refractivity contribution in [3.05, 3.63) is 36.2 Å². The van der Waals surface area contributed by atoms with Gasteiger partial charge in [0.1, 0.15) is 6.33 Å². The molecule has 1 aromatic carbocycles. The summed E-state index contributed by atoms with van der Waals surface area (Å²) in [7, 11) is 0. The average molecular weight is 359 g/mol. The van der Waals surface area contributed by atoms with Crippen molar-refractivity contribution in [2.24, 2.45) is 11.8 Å². The van der Waals surface area contributed by atoms with Crippen molar-refractivity contribution < 1.29 is 4.79 Å². The summed E-state index contributed by atoms with van der Waals surface area (Å²) in [6, 6.07) is 8.40. The van der Waals surface area contributed by atoms with Crippen LogP contribution in [0.3, 0.4) is 0 Å². The Labute approximate surface area is 153 Å². The predicted octanol–water partition coefficient (Wildman–Crippen LogP) is 3.61. The molecule has 3 atom stereocenters. The molecule has 6 heteroatoms. The van der Waals surface area contributed by atoms with Crippen molar-refractivity contribution in [2.75, 3.05) is 5.75 Å². The molecular weight excluding hydrogens is 332 g/mol. The predicted molar refractivity (Wildman–Crippen MR) is 101 cm³/mol. The Balaban J connectivity index is 1.60. The summed E-state index contributed by atoms with van der Waals surface area (Å²) < 4.78 is 1.94. The molecule has 1 fully saturated rings. The van der Waals surface area contributed by atoms with Crippen LogP contribution in [0, 0.1) is 18.8 Å². The summed E-state index contributed by atoms with van der Waals surface area (Å²) in [5, 5.41) is 12.2. The molecule has 2 aromatic rings. The second-order valence-electron chi connectivity index (χ2n) is 7.00. The van der Waals surface area contributed by atoms with Crippen LogP contribution in [0.2, 0.25) is 0 Å². The number of carbonyl (C=O) groups excluding carboxylic acids is 1. The number of nitrogens with one attached hydrogen (secondary N) is 1. The fraction of sp³-hybridized carbons (Fsp3) is 0.526. The lowest BCUT2D eigenvalue weighted by molar-refractivity contribution is -0.120. The van der Waals surface area contributed by atoms with Crippen LogP contribution in [0.1, 0.15) is 38.7 Å². The van der Waals surface area contributed by atoms with Gasteiger partial charge in [-0.3, -0.25) is 9.36 Å². The van der Waals surface area contributed by atoms with E-state index in [2.05, 4.69) is 42.4 Å². The molecule has 0 radical (unpaired) electrons. The first-order valence-corrected chi connectivity index (χ1v) is 9.93. The van der Waals surface area contributed by atoms with E-state index in [1.54, 1.807) is 6.33 Å². The summed E-state index contributed by atoms with van der Waals surface area (Å²) >= 11 is 1.43. The van der Waals surface area contributed by atoms with Crippen LogP contribution in [-0.4, -0.2) is 32.5 Å². The first-order valence-electron chi connectivity index (χ1n) is 8.94. The number of benzene rings is 1. The number of thioether (sulfide) groups is 1. The van der Waals surface area contributed by atoms with Crippen molar-refractivity contribution in [2.45, 2.75) is 51.2 Å². The van der Waals surface area contributed by atoms with Crippen LogP contribution >= 0.6 is 11.8 Å². The average Bonchev–Trinajstić information content (AvgIpc) is 3.06. The monoisotopic (exact) mass is 358 g/mol. The largest absolute Gasteiger partial charge is 0.352 e. The second kappa shape index (κ2) is 8.04. The molecule has 0 aliphatic heterocycles. The van der Waals surface area contributed by atoms with Gasteiger partial charge in [-0.2, -0.15) is 0 Å². The summed E-state index contributed by atoms with van der Waals surface area (Å²) in [5.41, 5.74) is 2.20. The molecule has 134 valence electrons. The van der Waals surface area contributed by atoms with Gasteiger partial charge in [0.2, 0.25) is 5.91 Å². The maximum absolute atomic E-state index is 12.4. The molecule has 0 bridgehead atoms. The van der Waals surface area contributed by atoms with Crippen molar-refractivity contribution in [3.63, 3.8) is 0 Å². The number of carbonyl (C=O) groups is 1.